The molecule has 9 aromatic carbocycles. The molecular weight excluding hydrogens is 741 g/mol. The normalized spacial score (nSPS) is 11.6. The third-order valence-electron chi connectivity index (χ3n) is 12.0. The summed E-state index contributed by atoms with van der Waals surface area (Å²) in [7, 11) is 0. The molecule has 0 saturated heterocycles. The van der Waals surface area contributed by atoms with Crippen LogP contribution in [0.15, 0.2) is 218 Å². The van der Waals surface area contributed by atoms with Crippen LogP contribution in [0.1, 0.15) is 0 Å². The summed E-state index contributed by atoms with van der Waals surface area (Å²) in [6.45, 7) is 0. The smallest absolute Gasteiger partial charge is 0.164 e. The molecule has 3 heterocycles. The van der Waals surface area contributed by atoms with E-state index in [4.69, 9.17) is 15.0 Å². The average molecular weight is 777 g/mol. The lowest BCUT2D eigenvalue weighted by Gasteiger charge is -2.11. The first-order valence-corrected chi connectivity index (χ1v) is 20.7. The van der Waals surface area contributed by atoms with Crippen molar-refractivity contribution in [3.63, 3.8) is 0 Å². The Kier molecular flexibility index (Phi) is 8.13. The van der Waals surface area contributed by atoms with Crippen LogP contribution in [0.2, 0.25) is 0 Å². The van der Waals surface area contributed by atoms with Gasteiger partial charge in [0.2, 0.25) is 0 Å². The van der Waals surface area contributed by atoms with Crippen molar-refractivity contribution < 1.29 is 0 Å². The van der Waals surface area contributed by atoms with E-state index in [1.807, 2.05) is 6.07 Å². The molecule has 0 radical (unpaired) electrons. The van der Waals surface area contributed by atoms with Gasteiger partial charge in [0.25, 0.3) is 0 Å². The molecule has 0 aliphatic rings. The Labute approximate surface area is 353 Å². The molecule has 12 aromatic rings. The maximum absolute atomic E-state index is 5.18. The Morgan fingerprint density at radius 3 is 1.10 bits per heavy atom. The molecule has 4 nitrogen and oxygen atoms in total. The first-order chi connectivity index (χ1) is 30.2. The fourth-order valence-corrected chi connectivity index (χ4v) is 8.98. The molecule has 61 heavy (non-hydrogen) atoms. The number of hydrogen-bond acceptors (Lipinski definition) is 3. The van der Waals surface area contributed by atoms with Crippen molar-refractivity contribution in [3.05, 3.63) is 218 Å². The lowest BCUT2D eigenvalue weighted by Crippen LogP contribution is -2.00. The van der Waals surface area contributed by atoms with Gasteiger partial charge >= 0.3 is 0 Å². The van der Waals surface area contributed by atoms with Gasteiger partial charge in [0.05, 0.1) is 16.6 Å². The van der Waals surface area contributed by atoms with Crippen LogP contribution in [0.3, 0.4) is 0 Å². The van der Waals surface area contributed by atoms with E-state index in [9.17, 15) is 0 Å². The van der Waals surface area contributed by atoms with E-state index in [0.29, 0.717) is 17.5 Å². The van der Waals surface area contributed by atoms with Gasteiger partial charge in [-0.1, -0.05) is 182 Å². The lowest BCUT2D eigenvalue weighted by molar-refractivity contribution is 1.07. The van der Waals surface area contributed by atoms with E-state index in [0.717, 1.165) is 44.5 Å². The second-order valence-electron chi connectivity index (χ2n) is 15.6. The zero-order chi connectivity index (χ0) is 40.3. The third kappa shape index (κ3) is 6.04. The van der Waals surface area contributed by atoms with Gasteiger partial charge in [-0.25, -0.2) is 15.0 Å². The number of aromatic nitrogens is 4. The summed E-state index contributed by atoms with van der Waals surface area (Å²) >= 11 is 0. The zero-order valence-electron chi connectivity index (χ0n) is 33.1. The fraction of sp³-hybridized carbons (Fsp3) is 0. The van der Waals surface area contributed by atoms with Gasteiger partial charge in [0.15, 0.2) is 17.5 Å². The minimum Gasteiger partial charge on any atom is -0.308 e. The summed E-state index contributed by atoms with van der Waals surface area (Å²) in [5, 5.41) is 5.02. The van der Waals surface area contributed by atoms with Gasteiger partial charge in [-0.05, 0) is 80.9 Å². The molecule has 3 aromatic heterocycles. The molecule has 0 aliphatic carbocycles. The van der Waals surface area contributed by atoms with Crippen LogP contribution < -0.4 is 0 Å². The zero-order valence-corrected chi connectivity index (χ0v) is 33.1. The second-order valence-corrected chi connectivity index (χ2v) is 15.6. The van der Waals surface area contributed by atoms with Crippen LogP contribution in [0.25, 0.3) is 117 Å². The van der Waals surface area contributed by atoms with Crippen LogP contribution >= 0.6 is 0 Å². The Morgan fingerprint density at radius 1 is 0.230 bits per heavy atom. The van der Waals surface area contributed by atoms with Crippen molar-refractivity contribution in [1.29, 1.82) is 0 Å². The molecule has 0 saturated carbocycles. The molecule has 4 heteroatoms. The molecule has 0 amide bonds. The predicted molar refractivity (Wildman–Crippen MR) is 253 cm³/mol. The Morgan fingerprint density at radius 2 is 0.574 bits per heavy atom. The summed E-state index contributed by atoms with van der Waals surface area (Å²) in [4.78, 5) is 15.5. The highest BCUT2D eigenvalue weighted by atomic mass is 15.0. The van der Waals surface area contributed by atoms with Crippen molar-refractivity contribution in [2.75, 3.05) is 0 Å². The van der Waals surface area contributed by atoms with Crippen LogP contribution in [0.4, 0.5) is 0 Å². The van der Waals surface area contributed by atoms with Crippen LogP contribution in [-0.2, 0) is 0 Å². The summed E-state index contributed by atoms with van der Waals surface area (Å²) in [6, 6.07) is 77.5. The molecule has 0 atom stereocenters. The van der Waals surface area contributed by atoms with Crippen molar-refractivity contribution in [1.82, 2.24) is 19.4 Å². The van der Waals surface area contributed by atoms with Crippen LogP contribution in [0.5, 0.6) is 0 Å². The minimum absolute atomic E-state index is 0.626. The van der Waals surface area contributed by atoms with E-state index < -0.39 is 0 Å². The average Bonchev–Trinajstić information content (AvgIpc) is 3.87. The van der Waals surface area contributed by atoms with E-state index >= 15 is 0 Å². The largest absolute Gasteiger partial charge is 0.308 e. The van der Waals surface area contributed by atoms with Crippen molar-refractivity contribution in [2.24, 2.45) is 0 Å². The molecule has 0 fully saturated rings. The van der Waals surface area contributed by atoms with E-state index in [1.54, 1.807) is 0 Å². The molecule has 0 N–H and O–H groups in total. The van der Waals surface area contributed by atoms with Gasteiger partial charge in [-0.15, -0.1) is 0 Å². The summed E-state index contributed by atoms with van der Waals surface area (Å²) in [6.07, 6.45) is 0. The highest BCUT2D eigenvalue weighted by molar-refractivity contribution is 6.24. The second kappa shape index (κ2) is 14.3. The van der Waals surface area contributed by atoms with E-state index in [-0.39, 0.29) is 0 Å². The third-order valence-corrected chi connectivity index (χ3v) is 12.0. The fourth-order valence-electron chi connectivity index (χ4n) is 8.98. The Bertz CT molecular complexity index is 3470. The molecule has 0 unspecified atom stereocenters. The molecule has 12 rings (SSSR count). The van der Waals surface area contributed by atoms with Crippen LogP contribution in [0, 0.1) is 0 Å². The van der Waals surface area contributed by atoms with Crippen LogP contribution in [-0.4, -0.2) is 19.4 Å². The number of nitrogens with zero attached hydrogens (tertiary/aromatic N) is 4. The first kappa shape index (κ1) is 34.8. The lowest BCUT2D eigenvalue weighted by atomic mass is 9.98. The predicted octanol–water partition coefficient (Wildman–Crippen LogP) is 14.7. The van der Waals surface area contributed by atoms with Gasteiger partial charge in [-0.3, -0.25) is 0 Å². The van der Waals surface area contributed by atoms with Gasteiger partial charge < -0.3 is 4.40 Å². The maximum Gasteiger partial charge on any atom is 0.164 e. The molecular formula is C57H36N4. The number of para-hydroxylation sites is 2. The summed E-state index contributed by atoms with van der Waals surface area (Å²) in [5.74, 6) is 1.88. The number of benzene rings is 9. The quantitative estimate of drug-likeness (QED) is 0.162. The minimum atomic E-state index is 0.626. The summed E-state index contributed by atoms with van der Waals surface area (Å²) < 4.78 is 2.42. The number of hydrogen-bond donors (Lipinski definition) is 0. The van der Waals surface area contributed by atoms with E-state index in [2.05, 4.69) is 217 Å². The SMILES string of the molecule is c1ccc(-c2ccc(-c3nc(-c4ccc(-c5cccc(-c6ccccc6)c5)cc4)nc(-c4cccc(-c5cc6c7ccccc7n7c8ccccc8c(c5)c67)c4)n3)cc2)cc1. The molecule has 0 spiro atoms. The molecule has 284 valence electrons. The summed E-state index contributed by atoms with van der Waals surface area (Å²) in [5.41, 5.74) is 15.8. The molecule has 0 bridgehead atoms. The van der Waals surface area contributed by atoms with Gasteiger partial charge in [-0.2, -0.15) is 0 Å². The highest BCUT2D eigenvalue weighted by Gasteiger charge is 2.19. The number of rotatable bonds is 7. The van der Waals surface area contributed by atoms with Crippen molar-refractivity contribution in [3.8, 4) is 78.7 Å². The monoisotopic (exact) mass is 776 g/mol. The topological polar surface area (TPSA) is 43.1 Å². The van der Waals surface area contributed by atoms with Gasteiger partial charge in [0, 0.05) is 38.2 Å². The van der Waals surface area contributed by atoms with Crippen molar-refractivity contribution in [2.45, 2.75) is 0 Å². The van der Waals surface area contributed by atoms with Crippen molar-refractivity contribution >= 4 is 38.1 Å². The van der Waals surface area contributed by atoms with E-state index in [1.165, 1.54) is 54.8 Å². The Balaban J connectivity index is 0.971. The maximum atomic E-state index is 5.18. The number of fused-ring (bicyclic) bond motifs is 6. The Hall–Kier alpha value is -8.21. The standard InChI is InChI=1S/C57H36N4/c1-3-13-37(14-4-1)39-25-29-41(30-26-39)55-58-56(42-31-27-40(28-32-42)44-18-11-17-43(33-44)38-15-5-2-6-16-38)60-57(59-55)46-20-12-19-45(34-46)47-35-50-48-21-7-9-23-52(48)61-53-24-10-8-22-49(53)51(36-47)54(50)61/h1-36H. The molecule has 0 aliphatic heterocycles. The first-order valence-electron chi connectivity index (χ1n) is 20.7. The van der Waals surface area contributed by atoms with Gasteiger partial charge in [0.1, 0.15) is 0 Å². The highest BCUT2D eigenvalue weighted by Crippen LogP contribution is 2.42.